The van der Waals surface area contributed by atoms with Crippen LogP contribution in [0.3, 0.4) is 0 Å². The number of amides is 2. The summed E-state index contributed by atoms with van der Waals surface area (Å²) in [6.07, 6.45) is 1.49. The molecule has 0 aliphatic heterocycles. The normalized spacial score (nSPS) is 18.0. The number of carbonyl (C=O) groups excluding carboxylic acids is 1. The van der Waals surface area contributed by atoms with Gasteiger partial charge >= 0.3 is 12.0 Å². The minimum absolute atomic E-state index is 0.0316. The van der Waals surface area contributed by atoms with Crippen molar-refractivity contribution in [3.8, 4) is 11.5 Å². The van der Waals surface area contributed by atoms with E-state index in [1.54, 1.807) is 12.1 Å². The zero-order chi connectivity index (χ0) is 20.8. The number of urea groups is 1. The highest BCUT2D eigenvalue weighted by Gasteiger charge is 2.34. The first-order valence-corrected chi connectivity index (χ1v) is 9.81. The summed E-state index contributed by atoms with van der Waals surface area (Å²) in [5.41, 5.74) is 1.73. The third-order valence-electron chi connectivity index (χ3n) is 5.09. The average molecular weight is 397 g/mol. The van der Waals surface area contributed by atoms with Crippen molar-refractivity contribution < 1.29 is 19.4 Å². The number of nitrogens with one attached hydrogen (secondary N) is 2. The molecule has 0 unspecified atom stereocenters. The largest absolute Gasteiger partial charge is 0.480 e. The lowest BCUT2D eigenvalue weighted by Gasteiger charge is -2.42. The monoisotopic (exact) mass is 397 g/mol. The van der Waals surface area contributed by atoms with E-state index in [9.17, 15) is 9.59 Å². The van der Waals surface area contributed by atoms with Crippen LogP contribution in [0.15, 0.2) is 48.5 Å². The Balaban J connectivity index is 1.53. The molecule has 1 aliphatic rings. The molecule has 2 aromatic carbocycles. The van der Waals surface area contributed by atoms with Crippen molar-refractivity contribution in [1.82, 2.24) is 10.2 Å². The van der Waals surface area contributed by atoms with Crippen molar-refractivity contribution in [2.75, 3.05) is 18.4 Å². The van der Waals surface area contributed by atoms with Crippen molar-refractivity contribution in [3.63, 3.8) is 0 Å². The van der Waals surface area contributed by atoms with Crippen molar-refractivity contribution in [2.24, 2.45) is 0 Å². The number of anilines is 1. The first-order valence-electron chi connectivity index (χ1n) is 9.81. The Morgan fingerprint density at radius 2 is 1.83 bits per heavy atom. The molecular formula is C22H27N3O4. The van der Waals surface area contributed by atoms with E-state index in [-0.39, 0.29) is 24.7 Å². The summed E-state index contributed by atoms with van der Waals surface area (Å²) in [5, 5.41) is 14.8. The van der Waals surface area contributed by atoms with Crippen molar-refractivity contribution in [3.05, 3.63) is 54.1 Å². The smallest absolute Gasteiger partial charge is 0.319 e. The summed E-state index contributed by atoms with van der Waals surface area (Å²) in [4.78, 5) is 25.2. The van der Waals surface area contributed by atoms with E-state index >= 15 is 0 Å². The lowest BCUT2D eigenvalue weighted by molar-refractivity contribution is -0.139. The average Bonchev–Trinajstić information content (AvgIpc) is 2.66. The molecule has 1 aliphatic carbocycles. The van der Waals surface area contributed by atoms with E-state index in [0.717, 1.165) is 18.4 Å². The van der Waals surface area contributed by atoms with Gasteiger partial charge < -0.3 is 20.5 Å². The van der Waals surface area contributed by atoms with Gasteiger partial charge in [-0.05, 0) is 50.6 Å². The van der Waals surface area contributed by atoms with Gasteiger partial charge in [-0.25, -0.2) is 4.79 Å². The number of likely N-dealkylation sites (N-methyl/N-ethyl adjacent to an activating group) is 1. The van der Waals surface area contributed by atoms with Crippen molar-refractivity contribution in [1.29, 1.82) is 0 Å². The lowest BCUT2D eigenvalue weighted by Crippen LogP contribution is -2.55. The molecular weight excluding hydrogens is 370 g/mol. The van der Waals surface area contributed by atoms with Crippen molar-refractivity contribution in [2.45, 2.75) is 38.8 Å². The zero-order valence-electron chi connectivity index (χ0n) is 16.7. The SMILES string of the molecule is CCN(CC(=O)O)C1CC(NC(=O)Nc2ccccc2Oc2ccc(C)cc2)C1. The topological polar surface area (TPSA) is 90.9 Å². The summed E-state index contributed by atoms with van der Waals surface area (Å²) in [6.45, 7) is 4.67. The van der Waals surface area contributed by atoms with Crippen LogP contribution in [-0.4, -0.2) is 47.2 Å². The fraction of sp³-hybridized carbons (Fsp3) is 0.364. The number of hydrogen-bond acceptors (Lipinski definition) is 4. The molecule has 0 aromatic heterocycles. The summed E-state index contributed by atoms with van der Waals surface area (Å²) < 4.78 is 5.91. The molecule has 3 rings (SSSR count). The molecule has 154 valence electrons. The third-order valence-corrected chi connectivity index (χ3v) is 5.09. The number of ether oxygens (including phenoxy) is 1. The molecule has 1 fully saturated rings. The van der Waals surface area contributed by atoms with Gasteiger partial charge in [-0.15, -0.1) is 0 Å². The standard InChI is InChI=1S/C22H27N3O4/c1-3-25(14-21(26)27)17-12-16(13-17)23-22(28)24-19-6-4-5-7-20(19)29-18-10-8-15(2)9-11-18/h4-11,16-17H,3,12-14H2,1-2H3,(H,26,27)(H2,23,24,28). The highest BCUT2D eigenvalue weighted by molar-refractivity contribution is 5.91. The summed E-state index contributed by atoms with van der Waals surface area (Å²) in [5.74, 6) is 0.438. The number of benzene rings is 2. The molecule has 7 heteroatoms. The van der Waals surface area contributed by atoms with Gasteiger partial charge in [0, 0.05) is 12.1 Å². The number of nitrogens with zero attached hydrogens (tertiary/aromatic N) is 1. The lowest BCUT2D eigenvalue weighted by atomic mass is 9.85. The maximum atomic E-state index is 12.4. The number of carbonyl (C=O) groups is 2. The maximum Gasteiger partial charge on any atom is 0.319 e. The first kappa shape index (κ1) is 20.7. The molecule has 0 radical (unpaired) electrons. The van der Waals surface area contributed by atoms with Gasteiger partial charge in [0.1, 0.15) is 5.75 Å². The second-order valence-corrected chi connectivity index (χ2v) is 7.29. The summed E-state index contributed by atoms with van der Waals surface area (Å²) in [6, 6.07) is 14.9. The maximum absolute atomic E-state index is 12.4. The number of aliphatic carboxylic acids is 1. The number of aryl methyl sites for hydroxylation is 1. The Morgan fingerprint density at radius 3 is 2.48 bits per heavy atom. The molecule has 0 atom stereocenters. The highest BCUT2D eigenvalue weighted by atomic mass is 16.5. The van der Waals surface area contributed by atoms with E-state index in [0.29, 0.717) is 23.7 Å². The minimum Gasteiger partial charge on any atom is -0.480 e. The van der Waals surface area contributed by atoms with E-state index in [1.807, 2.05) is 55.1 Å². The number of carboxylic acid groups (broad SMARTS) is 1. The van der Waals surface area contributed by atoms with Gasteiger partial charge in [0.05, 0.1) is 12.2 Å². The number of rotatable bonds is 8. The second-order valence-electron chi connectivity index (χ2n) is 7.29. The Morgan fingerprint density at radius 1 is 1.14 bits per heavy atom. The van der Waals surface area contributed by atoms with Crippen LogP contribution >= 0.6 is 0 Å². The molecule has 3 N–H and O–H groups in total. The quantitative estimate of drug-likeness (QED) is 0.629. The Kier molecular flexibility index (Phi) is 6.72. The van der Waals surface area contributed by atoms with Crippen LogP contribution in [0.25, 0.3) is 0 Å². The van der Waals surface area contributed by atoms with Gasteiger partial charge in [-0.2, -0.15) is 0 Å². The van der Waals surface area contributed by atoms with Gasteiger partial charge in [0.25, 0.3) is 0 Å². The third kappa shape index (κ3) is 5.71. The molecule has 2 aromatic rings. The summed E-state index contributed by atoms with van der Waals surface area (Å²) >= 11 is 0. The highest BCUT2D eigenvalue weighted by Crippen LogP contribution is 2.30. The Bertz CT molecular complexity index is 847. The van der Waals surface area contributed by atoms with Crippen molar-refractivity contribution >= 4 is 17.7 Å². The van der Waals surface area contributed by atoms with Crippen LogP contribution < -0.4 is 15.4 Å². The van der Waals surface area contributed by atoms with Crippen LogP contribution in [0, 0.1) is 6.92 Å². The van der Waals surface area contributed by atoms with Crippen LogP contribution in [0.5, 0.6) is 11.5 Å². The number of hydrogen-bond donors (Lipinski definition) is 3. The van der Waals surface area contributed by atoms with Crippen LogP contribution in [-0.2, 0) is 4.79 Å². The summed E-state index contributed by atoms with van der Waals surface area (Å²) in [7, 11) is 0. The fourth-order valence-corrected chi connectivity index (χ4v) is 3.41. The molecule has 2 amide bonds. The van der Waals surface area contributed by atoms with E-state index in [1.165, 1.54) is 0 Å². The van der Waals surface area contributed by atoms with Crippen LogP contribution in [0.2, 0.25) is 0 Å². The van der Waals surface area contributed by atoms with E-state index in [4.69, 9.17) is 9.84 Å². The molecule has 0 bridgehead atoms. The van der Waals surface area contributed by atoms with Crippen LogP contribution in [0.1, 0.15) is 25.3 Å². The van der Waals surface area contributed by atoms with E-state index < -0.39 is 5.97 Å². The molecule has 7 nitrogen and oxygen atoms in total. The zero-order valence-corrected chi connectivity index (χ0v) is 16.7. The van der Waals surface area contributed by atoms with Crippen LogP contribution in [0.4, 0.5) is 10.5 Å². The first-order chi connectivity index (χ1) is 13.9. The van der Waals surface area contributed by atoms with Gasteiger partial charge in [0.15, 0.2) is 5.75 Å². The van der Waals surface area contributed by atoms with Gasteiger partial charge in [0.2, 0.25) is 0 Å². The minimum atomic E-state index is -0.828. The number of carboxylic acids is 1. The molecule has 0 saturated heterocycles. The molecule has 0 heterocycles. The van der Waals surface area contributed by atoms with Gasteiger partial charge in [-0.3, -0.25) is 9.69 Å². The van der Waals surface area contributed by atoms with Gasteiger partial charge in [-0.1, -0.05) is 36.8 Å². The fourth-order valence-electron chi connectivity index (χ4n) is 3.41. The second kappa shape index (κ2) is 9.43. The Labute approximate surface area is 170 Å². The van der Waals surface area contributed by atoms with E-state index in [2.05, 4.69) is 10.6 Å². The molecule has 29 heavy (non-hydrogen) atoms. The predicted molar refractivity (Wildman–Crippen MR) is 112 cm³/mol. The predicted octanol–water partition coefficient (Wildman–Crippen LogP) is 3.85. The number of para-hydroxylation sites is 2. The molecule has 1 saturated carbocycles. The molecule has 0 spiro atoms. The Hall–Kier alpha value is -3.06.